The first-order valence-corrected chi connectivity index (χ1v) is 6.19. The van der Waals surface area contributed by atoms with E-state index >= 15 is 0 Å². The van der Waals surface area contributed by atoms with Gasteiger partial charge in [0.05, 0.1) is 0 Å². The summed E-state index contributed by atoms with van der Waals surface area (Å²) in [5, 5.41) is 1.85. The van der Waals surface area contributed by atoms with E-state index in [9.17, 15) is 0 Å². The van der Waals surface area contributed by atoms with Crippen molar-refractivity contribution in [2.24, 2.45) is 0 Å². The van der Waals surface area contributed by atoms with Crippen molar-refractivity contribution in [3.05, 3.63) is 40.4 Å². The quantitative estimate of drug-likeness (QED) is 0.770. The number of aryl methyl sites for hydroxylation is 1. The lowest BCUT2D eigenvalue weighted by Gasteiger charge is -1.95. The Kier molecular flexibility index (Phi) is 3.39. The summed E-state index contributed by atoms with van der Waals surface area (Å²) in [6.07, 6.45) is 4.26. The molecule has 0 bridgehead atoms. The monoisotopic (exact) mass is 237 g/mol. The molecule has 0 atom stereocenters. The zero-order valence-corrected chi connectivity index (χ0v) is 10.1. The summed E-state index contributed by atoms with van der Waals surface area (Å²) in [4.78, 5) is 5.76. The van der Waals surface area contributed by atoms with E-state index in [1.807, 2.05) is 30.5 Å². The fraction of sp³-hybridized carbons (Fsp3) is 0.250. The molecule has 3 heteroatoms. The molecule has 2 aromatic rings. The maximum Gasteiger partial charge on any atom is 0.123 e. The first-order chi connectivity index (χ1) is 7.29. The van der Waals surface area contributed by atoms with Crippen molar-refractivity contribution in [2.45, 2.75) is 19.8 Å². The Labute approximate surface area is 98.7 Å². The van der Waals surface area contributed by atoms with Crippen LogP contribution in [0.4, 0.5) is 0 Å². The highest BCUT2D eigenvalue weighted by atomic mass is 35.5. The Morgan fingerprint density at radius 2 is 2.00 bits per heavy atom. The smallest absolute Gasteiger partial charge is 0.123 e. The highest BCUT2D eigenvalue weighted by molar-refractivity contribution is 7.15. The predicted octanol–water partition coefficient (Wildman–Crippen LogP) is 4.42. The molecule has 1 nitrogen and oxygen atoms in total. The standard InChI is InChI=1S/C12H12ClNS/c1-2-3-11-8-14-12(15-11)9-4-6-10(13)7-5-9/h4-8H,2-3H2,1H3. The fourth-order valence-electron chi connectivity index (χ4n) is 1.40. The van der Waals surface area contributed by atoms with Gasteiger partial charge in [0.2, 0.25) is 0 Å². The highest BCUT2D eigenvalue weighted by Gasteiger charge is 2.03. The van der Waals surface area contributed by atoms with Crippen molar-refractivity contribution < 1.29 is 0 Å². The minimum atomic E-state index is 0.768. The SMILES string of the molecule is CCCc1cnc(-c2ccc(Cl)cc2)s1. The molecule has 1 aromatic carbocycles. The Morgan fingerprint density at radius 3 is 2.67 bits per heavy atom. The van der Waals surface area contributed by atoms with Gasteiger partial charge < -0.3 is 0 Å². The molecule has 0 saturated heterocycles. The van der Waals surface area contributed by atoms with Crippen molar-refractivity contribution in [1.82, 2.24) is 4.98 Å². The molecule has 0 unspecified atom stereocenters. The van der Waals surface area contributed by atoms with Gasteiger partial charge in [-0.25, -0.2) is 4.98 Å². The van der Waals surface area contributed by atoms with Gasteiger partial charge in [-0.15, -0.1) is 11.3 Å². The maximum absolute atomic E-state index is 5.84. The third-order valence-corrected chi connectivity index (χ3v) is 3.50. The molecule has 0 aliphatic rings. The lowest BCUT2D eigenvalue weighted by Crippen LogP contribution is -1.73. The fourth-order valence-corrected chi connectivity index (χ4v) is 2.54. The summed E-state index contributed by atoms with van der Waals surface area (Å²) >= 11 is 7.60. The predicted molar refractivity (Wildman–Crippen MR) is 66.6 cm³/mol. The van der Waals surface area contributed by atoms with Crippen LogP contribution in [0.5, 0.6) is 0 Å². The molecule has 0 radical (unpaired) electrons. The van der Waals surface area contributed by atoms with Gasteiger partial charge >= 0.3 is 0 Å². The maximum atomic E-state index is 5.84. The third kappa shape index (κ3) is 2.58. The van der Waals surface area contributed by atoms with E-state index in [-0.39, 0.29) is 0 Å². The first-order valence-electron chi connectivity index (χ1n) is 5.00. The summed E-state index contributed by atoms with van der Waals surface area (Å²) in [5.74, 6) is 0. The van der Waals surface area contributed by atoms with Gasteiger partial charge in [0.1, 0.15) is 5.01 Å². The molecular formula is C12H12ClNS. The topological polar surface area (TPSA) is 12.9 Å². The van der Waals surface area contributed by atoms with E-state index in [1.54, 1.807) is 11.3 Å². The average molecular weight is 238 g/mol. The van der Waals surface area contributed by atoms with E-state index < -0.39 is 0 Å². The van der Waals surface area contributed by atoms with E-state index in [0.717, 1.165) is 22.0 Å². The van der Waals surface area contributed by atoms with Gasteiger partial charge in [0.25, 0.3) is 0 Å². The van der Waals surface area contributed by atoms with Crippen molar-refractivity contribution in [3.8, 4) is 10.6 Å². The van der Waals surface area contributed by atoms with Gasteiger partial charge in [-0.2, -0.15) is 0 Å². The van der Waals surface area contributed by atoms with Crippen LogP contribution in [0, 0.1) is 0 Å². The van der Waals surface area contributed by atoms with Gasteiger partial charge in [0.15, 0.2) is 0 Å². The Morgan fingerprint density at radius 1 is 1.27 bits per heavy atom. The summed E-state index contributed by atoms with van der Waals surface area (Å²) in [6.45, 7) is 2.18. The van der Waals surface area contributed by atoms with Gasteiger partial charge in [-0.05, 0) is 18.6 Å². The molecule has 0 amide bonds. The molecule has 1 heterocycles. The van der Waals surface area contributed by atoms with Crippen LogP contribution in [-0.4, -0.2) is 4.98 Å². The van der Waals surface area contributed by atoms with Crippen LogP contribution in [-0.2, 0) is 6.42 Å². The average Bonchev–Trinajstić information content (AvgIpc) is 2.68. The zero-order valence-electron chi connectivity index (χ0n) is 8.53. The number of nitrogens with zero attached hydrogens (tertiary/aromatic N) is 1. The molecular weight excluding hydrogens is 226 g/mol. The normalized spacial score (nSPS) is 10.5. The number of hydrogen-bond donors (Lipinski definition) is 0. The lowest BCUT2D eigenvalue weighted by molar-refractivity contribution is 0.936. The second-order valence-corrected chi connectivity index (χ2v) is 4.94. The summed E-state index contributed by atoms with van der Waals surface area (Å²) < 4.78 is 0. The largest absolute Gasteiger partial charge is 0.244 e. The second kappa shape index (κ2) is 4.77. The molecule has 78 valence electrons. The number of benzene rings is 1. The van der Waals surface area contributed by atoms with Crippen LogP contribution in [0.3, 0.4) is 0 Å². The molecule has 0 fully saturated rings. The molecule has 0 aliphatic carbocycles. The molecule has 0 saturated carbocycles. The molecule has 0 aliphatic heterocycles. The number of aromatic nitrogens is 1. The molecule has 15 heavy (non-hydrogen) atoms. The first kappa shape index (κ1) is 10.7. The van der Waals surface area contributed by atoms with Gasteiger partial charge in [-0.3, -0.25) is 0 Å². The number of thiazole rings is 1. The number of halogens is 1. The van der Waals surface area contributed by atoms with Gasteiger partial charge in [-0.1, -0.05) is 37.1 Å². The van der Waals surface area contributed by atoms with Crippen LogP contribution in [0.15, 0.2) is 30.5 Å². The Hall–Kier alpha value is -0.860. The third-order valence-electron chi connectivity index (χ3n) is 2.14. The summed E-state index contributed by atoms with van der Waals surface area (Å²) in [5.41, 5.74) is 1.15. The van der Waals surface area contributed by atoms with E-state index in [1.165, 1.54) is 11.3 Å². The van der Waals surface area contributed by atoms with Crippen LogP contribution < -0.4 is 0 Å². The minimum absolute atomic E-state index is 0.768. The van der Waals surface area contributed by atoms with Crippen molar-refractivity contribution in [1.29, 1.82) is 0 Å². The van der Waals surface area contributed by atoms with Gasteiger partial charge in [0, 0.05) is 21.7 Å². The van der Waals surface area contributed by atoms with Crippen LogP contribution in [0.1, 0.15) is 18.2 Å². The van der Waals surface area contributed by atoms with Crippen molar-refractivity contribution >= 4 is 22.9 Å². The zero-order chi connectivity index (χ0) is 10.7. The molecule has 0 N–H and O–H groups in total. The van der Waals surface area contributed by atoms with Crippen molar-refractivity contribution in [3.63, 3.8) is 0 Å². The van der Waals surface area contributed by atoms with Crippen molar-refractivity contribution in [2.75, 3.05) is 0 Å². The van der Waals surface area contributed by atoms with E-state index in [4.69, 9.17) is 11.6 Å². The Balaban J connectivity index is 2.25. The molecule has 0 spiro atoms. The van der Waals surface area contributed by atoms with Crippen LogP contribution in [0.25, 0.3) is 10.6 Å². The second-order valence-electron chi connectivity index (χ2n) is 3.39. The van der Waals surface area contributed by atoms with Crippen LogP contribution in [0.2, 0.25) is 5.02 Å². The Bertz CT molecular complexity index is 433. The molecule has 2 rings (SSSR count). The number of rotatable bonds is 3. The molecule has 1 aromatic heterocycles. The summed E-state index contributed by atoms with van der Waals surface area (Å²) in [6, 6.07) is 7.82. The number of hydrogen-bond acceptors (Lipinski definition) is 2. The summed E-state index contributed by atoms with van der Waals surface area (Å²) in [7, 11) is 0. The lowest BCUT2D eigenvalue weighted by atomic mass is 10.2. The minimum Gasteiger partial charge on any atom is -0.244 e. The van der Waals surface area contributed by atoms with E-state index in [0.29, 0.717) is 0 Å². The van der Waals surface area contributed by atoms with E-state index in [2.05, 4.69) is 11.9 Å². The van der Waals surface area contributed by atoms with Crippen LogP contribution >= 0.6 is 22.9 Å². The highest BCUT2D eigenvalue weighted by Crippen LogP contribution is 2.26.